The summed E-state index contributed by atoms with van der Waals surface area (Å²) in [5.41, 5.74) is 0. The van der Waals surface area contributed by atoms with E-state index in [0.29, 0.717) is 12.8 Å². The summed E-state index contributed by atoms with van der Waals surface area (Å²) < 4.78 is 33.8. The van der Waals surface area contributed by atoms with Gasteiger partial charge in [-0.25, -0.2) is 8.98 Å². The molecule has 0 aliphatic heterocycles. The number of unbranched alkanes of at least 4 members (excludes halogenated alkanes) is 10. The van der Waals surface area contributed by atoms with Crippen molar-refractivity contribution >= 4 is 28.2 Å². The number of rotatable bonds is 19. The average molecular weight is 440 g/mol. The molecular formula is C18H33NO9S. The zero-order valence-corrected chi connectivity index (χ0v) is 17.5. The molecule has 4 N–H and O–H groups in total. The van der Waals surface area contributed by atoms with Crippen molar-refractivity contribution in [3.05, 3.63) is 0 Å². The summed E-state index contributed by atoms with van der Waals surface area (Å²) in [4.78, 5) is 32.5. The molecule has 0 aliphatic carbocycles. The van der Waals surface area contributed by atoms with Crippen LogP contribution in [-0.4, -0.2) is 53.7 Å². The molecule has 11 heteroatoms. The highest BCUT2D eigenvalue weighted by atomic mass is 32.3. The Bertz CT molecular complexity index is 592. The van der Waals surface area contributed by atoms with E-state index in [1.54, 1.807) is 0 Å². The Hall–Kier alpha value is -1.72. The van der Waals surface area contributed by atoms with E-state index in [1.807, 2.05) is 0 Å². The summed E-state index contributed by atoms with van der Waals surface area (Å²) in [5.74, 6) is -2.69. The minimum absolute atomic E-state index is 0.0312. The van der Waals surface area contributed by atoms with Crippen LogP contribution >= 0.6 is 0 Å². The topological polar surface area (TPSA) is 167 Å². The van der Waals surface area contributed by atoms with Crippen molar-refractivity contribution in [2.45, 2.75) is 89.6 Å². The highest BCUT2D eigenvalue weighted by molar-refractivity contribution is 7.80. The van der Waals surface area contributed by atoms with Crippen LogP contribution in [0.15, 0.2) is 0 Å². The lowest BCUT2D eigenvalue weighted by atomic mass is 10.0. The predicted octanol–water partition coefficient (Wildman–Crippen LogP) is 2.53. The van der Waals surface area contributed by atoms with E-state index in [1.165, 1.54) is 0 Å². The molecule has 1 amide bonds. The van der Waals surface area contributed by atoms with Gasteiger partial charge in [0.1, 0.15) is 6.54 Å². The number of carbonyl (C=O) groups is 3. The first-order chi connectivity index (χ1) is 13.6. The monoisotopic (exact) mass is 439 g/mol. The van der Waals surface area contributed by atoms with E-state index in [2.05, 4.69) is 9.50 Å². The van der Waals surface area contributed by atoms with Crippen LogP contribution in [0.2, 0.25) is 0 Å². The van der Waals surface area contributed by atoms with Gasteiger partial charge in [-0.1, -0.05) is 64.2 Å². The third kappa shape index (κ3) is 19.4. The van der Waals surface area contributed by atoms with Gasteiger partial charge >= 0.3 is 22.3 Å². The molecule has 1 unspecified atom stereocenters. The molecule has 0 bridgehead atoms. The van der Waals surface area contributed by atoms with Gasteiger partial charge in [0, 0.05) is 6.42 Å². The van der Waals surface area contributed by atoms with E-state index >= 15 is 0 Å². The second kappa shape index (κ2) is 16.1. The van der Waals surface area contributed by atoms with Crippen molar-refractivity contribution in [3.8, 4) is 0 Å². The number of hydrogen-bond donors (Lipinski definition) is 4. The van der Waals surface area contributed by atoms with Gasteiger partial charge in [0.2, 0.25) is 5.91 Å². The van der Waals surface area contributed by atoms with Crippen LogP contribution in [0, 0.1) is 0 Å². The second-order valence-electron chi connectivity index (χ2n) is 6.95. The van der Waals surface area contributed by atoms with Crippen molar-refractivity contribution in [1.29, 1.82) is 0 Å². The smallest absolute Gasteiger partial charge is 0.398 e. The van der Waals surface area contributed by atoms with Gasteiger partial charge in [0.05, 0.1) is 0 Å². The summed E-state index contributed by atoms with van der Waals surface area (Å²) >= 11 is 0. The van der Waals surface area contributed by atoms with Gasteiger partial charge in [0.25, 0.3) is 0 Å². The van der Waals surface area contributed by atoms with Gasteiger partial charge < -0.3 is 15.5 Å². The molecule has 0 aromatic rings. The Kier molecular flexibility index (Phi) is 15.2. The highest BCUT2D eigenvalue weighted by Crippen LogP contribution is 2.14. The molecule has 0 saturated carbocycles. The first-order valence-corrected chi connectivity index (χ1v) is 11.4. The van der Waals surface area contributed by atoms with Crippen LogP contribution < -0.4 is 5.32 Å². The van der Waals surface area contributed by atoms with E-state index in [9.17, 15) is 22.8 Å². The Morgan fingerprint density at radius 2 is 1.24 bits per heavy atom. The maximum Gasteiger partial charge on any atom is 0.398 e. The van der Waals surface area contributed by atoms with E-state index in [4.69, 9.17) is 14.8 Å². The lowest BCUT2D eigenvalue weighted by Crippen LogP contribution is -2.28. The van der Waals surface area contributed by atoms with E-state index in [-0.39, 0.29) is 18.9 Å². The summed E-state index contributed by atoms with van der Waals surface area (Å²) in [6.45, 7) is -0.336. The second-order valence-corrected chi connectivity index (χ2v) is 8.00. The number of carbonyl (C=O) groups excluding carboxylic acids is 1. The Balaban J connectivity index is 3.46. The molecule has 0 aromatic carbocycles. The molecule has 1 atom stereocenters. The fraction of sp³-hybridized carbons (Fsp3) is 0.833. The van der Waals surface area contributed by atoms with Crippen molar-refractivity contribution in [2.24, 2.45) is 0 Å². The van der Waals surface area contributed by atoms with Crippen LogP contribution in [0.4, 0.5) is 0 Å². The molecule has 0 aliphatic rings. The van der Waals surface area contributed by atoms with Crippen LogP contribution in [0.5, 0.6) is 0 Å². The Labute approximate surface area is 172 Å². The Morgan fingerprint density at radius 3 is 1.66 bits per heavy atom. The number of carboxylic acids is 2. The predicted molar refractivity (Wildman–Crippen MR) is 105 cm³/mol. The summed E-state index contributed by atoms with van der Waals surface area (Å²) in [6.07, 6.45) is 9.14. The van der Waals surface area contributed by atoms with Gasteiger partial charge in [-0.15, -0.1) is 0 Å². The maximum atomic E-state index is 11.3. The normalized spacial score (nSPS) is 12.4. The van der Waals surface area contributed by atoms with Gasteiger partial charge in [0.15, 0.2) is 6.10 Å². The molecule has 170 valence electrons. The fourth-order valence-electron chi connectivity index (χ4n) is 2.83. The largest absolute Gasteiger partial charge is 0.480 e. The number of nitrogens with one attached hydrogen (secondary N) is 1. The number of hydrogen-bond acceptors (Lipinski definition) is 6. The third-order valence-electron chi connectivity index (χ3n) is 4.32. The highest BCUT2D eigenvalue weighted by Gasteiger charge is 2.23. The lowest BCUT2D eigenvalue weighted by Gasteiger charge is -2.10. The summed E-state index contributed by atoms with van der Waals surface area (Å²) in [7, 11) is -4.77. The minimum Gasteiger partial charge on any atom is -0.480 e. The zero-order chi connectivity index (χ0) is 22.1. The molecule has 0 saturated heterocycles. The van der Waals surface area contributed by atoms with Crippen LogP contribution in [0.25, 0.3) is 0 Å². The number of amides is 1. The molecule has 0 fully saturated rings. The molecule has 0 spiro atoms. The van der Waals surface area contributed by atoms with Crippen LogP contribution in [0.1, 0.15) is 83.5 Å². The van der Waals surface area contributed by atoms with Crippen LogP contribution in [0.3, 0.4) is 0 Å². The lowest BCUT2D eigenvalue weighted by molar-refractivity contribution is -0.145. The molecule has 29 heavy (non-hydrogen) atoms. The average Bonchev–Trinajstić information content (AvgIpc) is 2.61. The van der Waals surface area contributed by atoms with Gasteiger partial charge in [-0.3, -0.25) is 14.1 Å². The number of aliphatic carboxylic acids is 2. The molecule has 10 nitrogen and oxygen atoms in total. The standard InChI is InChI=1S/C18H33NO9S/c20-16(19-14-17(21)22)13-11-9-7-5-3-1-2-4-6-8-10-12-15(18(23)24)28-29(25,26)27/h15H,1-14H2,(H,19,20)(H,21,22)(H,23,24)(H,25,26,27). The van der Waals surface area contributed by atoms with E-state index in [0.717, 1.165) is 64.2 Å². The molecule has 0 heterocycles. The van der Waals surface area contributed by atoms with Crippen molar-refractivity contribution < 1.29 is 41.8 Å². The molecule has 0 rings (SSSR count). The molecule has 0 radical (unpaired) electrons. The first kappa shape index (κ1) is 27.3. The summed E-state index contributed by atoms with van der Waals surface area (Å²) in [6, 6.07) is 0. The van der Waals surface area contributed by atoms with Crippen molar-refractivity contribution in [3.63, 3.8) is 0 Å². The zero-order valence-electron chi connectivity index (χ0n) is 16.7. The first-order valence-electron chi connectivity index (χ1n) is 9.99. The Morgan fingerprint density at radius 1 is 0.793 bits per heavy atom. The van der Waals surface area contributed by atoms with E-state index < -0.39 is 28.4 Å². The maximum absolute atomic E-state index is 11.3. The SMILES string of the molecule is O=C(O)CNC(=O)CCCCCCCCCCCCCC(OS(=O)(=O)O)C(=O)O. The quantitative estimate of drug-likeness (QED) is 0.174. The summed E-state index contributed by atoms with van der Waals surface area (Å²) in [5, 5.41) is 19.6. The van der Waals surface area contributed by atoms with Gasteiger partial charge in [-0.2, -0.15) is 8.42 Å². The molecule has 0 aromatic heterocycles. The van der Waals surface area contributed by atoms with Crippen LogP contribution in [-0.2, 0) is 29.0 Å². The third-order valence-corrected chi connectivity index (χ3v) is 4.80. The molecular weight excluding hydrogens is 406 g/mol. The number of carboxylic acid groups (broad SMARTS) is 2. The van der Waals surface area contributed by atoms with Crippen molar-refractivity contribution in [1.82, 2.24) is 5.32 Å². The van der Waals surface area contributed by atoms with Crippen molar-refractivity contribution in [2.75, 3.05) is 6.54 Å². The fourth-order valence-corrected chi connectivity index (χ4v) is 3.30. The minimum atomic E-state index is -4.77. The van der Waals surface area contributed by atoms with Gasteiger partial charge in [-0.05, 0) is 12.8 Å².